The standard InChI is InChI=1S/C25H22FN3O3S/c26-22-13-7-6-12-21(22)23(25-28-27-24(32-25)18-9-2-1-3-10-18)29-33(30,31)20-15-14-17-8-4-5-11-19(17)16-20/h1-3,6-7,9-10,12-16,23,29H,4-5,8,11H2. The van der Waals surface area contributed by atoms with Crippen LogP contribution < -0.4 is 4.72 Å². The fraction of sp³-hybridized carbons (Fsp3) is 0.200. The van der Waals surface area contributed by atoms with E-state index in [2.05, 4.69) is 14.9 Å². The fourth-order valence-electron chi connectivity index (χ4n) is 4.10. The van der Waals surface area contributed by atoms with Crippen LogP contribution >= 0.6 is 0 Å². The molecule has 3 aromatic carbocycles. The SMILES string of the molecule is O=S(=O)(NC(c1nnc(-c2ccccc2)o1)c1ccccc1F)c1ccc2c(c1)CCCC2. The third kappa shape index (κ3) is 4.44. The Balaban J connectivity index is 1.53. The first kappa shape index (κ1) is 21.5. The van der Waals surface area contributed by atoms with Crippen molar-refractivity contribution >= 4 is 10.0 Å². The molecule has 168 valence electrons. The van der Waals surface area contributed by atoms with E-state index in [4.69, 9.17) is 4.42 Å². The number of hydrogen-bond donors (Lipinski definition) is 1. The summed E-state index contributed by atoms with van der Waals surface area (Å²) in [6.45, 7) is 0. The van der Waals surface area contributed by atoms with Crippen LogP contribution in [0.3, 0.4) is 0 Å². The van der Waals surface area contributed by atoms with E-state index in [1.54, 1.807) is 30.3 Å². The lowest BCUT2D eigenvalue weighted by atomic mass is 9.92. The van der Waals surface area contributed by atoms with Gasteiger partial charge in [0.1, 0.15) is 11.9 Å². The van der Waals surface area contributed by atoms with E-state index in [1.165, 1.54) is 23.8 Å². The molecule has 0 spiro atoms. The second kappa shape index (κ2) is 8.88. The Morgan fingerprint density at radius 3 is 2.39 bits per heavy atom. The molecule has 1 heterocycles. The highest BCUT2D eigenvalue weighted by atomic mass is 32.2. The third-order valence-electron chi connectivity index (χ3n) is 5.83. The molecule has 5 rings (SSSR count). The van der Waals surface area contributed by atoms with Gasteiger partial charge in [-0.3, -0.25) is 0 Å². The summed E-state index contributed by atoms with van der Waals surface area (Å²) in [4.78, 5) is 0.132. The Hall–Kier alpha value is -3.36. The number of halogens is 1. The normalized spacial score (nSPS) is 14.6. The lowest BCUT2D eigenvalue weighted by Gasteiger charge is -2.19. The van der Waals surface area contributed by atoms with Crippen molar-refractivity contribution in [3.63, 3.8) is 0 Å². The van der Waals surface area contributed by atoms with Gasteiger partial charge in [0.15, 0.2) is 0 Å². The lowest BCUT2D eigenvalue weighted by molar-refractivity contribution is 0.455. The van der Waals surface area contributed by atoms with Crippen LogP contribution in [-0.2, 0) is 22.9 Å². The van der Waals surface area contributed by atoms with Crippen molar-refractivity contribution < 1.29 is 17.2 Å². The zero-order chi connectivity index (χ0) is 22.8. The maximum absolute atomic E-state index is 14.7. The van der Waals surface area contributed by atoms with Gasteiger partial charge in [0.25, 0.3) is 0 Å². The van der Waals surface area contributed by atoms with Crippen molar-refractivity contribution in [3.05, 3.63) is 101 Å². The van der Waals surface area contributed by atoms with Crippen LogP contribution in [0.4, 0.5) is 4.39 Å². The fourth-order valence-corrected chi connectivity index (χ4v) is 5.32. The molecule has 0 aliphatic heterocycles. The second-order valence-corrected chi connectivity index (χ2v) is 9.74. The molecule has 0 fully saturated rings. The van der Waals surface area contributed by atoms with Crippen molar-refractivity contribution in [2.75, 3.05) is 0 Å². The predicted octanol–water partition coefficient (Wildman–Crippen LogP) is 4.82. The van der Waals surface area contributed by atoms with Gasteiger partial charge in [0, 0.05) is 11.1 Å². The first-order valence-corrected chi connectivity index (χ1v) is 12.3. The van der Waals surface area contributed by atoms with E-state index in [0.29, 0.717) is 5.56 Å². The highest BCUT2D eigenvalue weighted by Gasteiger charge is 2.30. The summed E-state index contributed by atoms with van der Waals surface area (Å²) < 4.78 is 49.8. The average molecular weight is 464 g/mol. The molecule has 33 heavy (non-hydrogen) atoms. The van der Waals surface area contributed by atoms with Crippen LogP contribution in [-0.4, -0.2) is 18.6 Å². The van der Waals surface area contributed by atoms with Crippen molar-refractivity contribution in [2.45, 2.75) is 36.6 Å². The van der Waals surface area contributed by atoms with Gasteiger partial charge < -0.3 is 4.42 Å². The van der Waals surface area contributed by atoms with Gasteiger partial charge in [-0.1, -0.05) is 42.5 Å². The van der Waals surface area contributed by atoms with Gasteiger partial charge in [-0.2, -0.15) is 4.72 Å². The second-order valence-electron chi connectivity index (χ2n) is 8.02. The summed E-state index contributed by atoms with van der Waals surface area (Å²) in [7, 11) is -4.01. The van der Waals surface area contributed by atoms with Crippen LogP contribution in [0.2, 0.25) is 0 Å². The number of nitrogens with zero attached hydrogens (tertiary/aromatic N) is 2. The number of fused-ring (bicyclic) bond motifs is 1. The van der Waals surface area contributed by atoms with Crippen LogP contribution in [0.1, 0.15) is 41.5 Å². The van der Waals surface area contributed by atoms with Crippen LogP contribution in [0.25, 0.3) is 11.5 Å². The number of rotatable bonds is 6. The number of benzene rings is 3. The van der Waals surface area contributed by atoms with E-state index >= 15 is 0 Å². The Morgan fingerprint density at radius 2 is 1.61 bits per heavy atom. The number of sulfonamides is 1. The van der Waals surface area contributed by atoms with Crippen molar-refractivity contribution in [3.8, 4) is 11.5 Å². The summed E-state index contributed by atoms with van der Waals surface area (Å²) in [5.41, 5.74) is 2.99. The summed E-state index contributed by atoms with van der Waals surface area (Å²) >= 11 is 0. The maximum Gasteiger partial charge on any atom is 0.247 e. The molecule has 1 atom stereocenters. The Bertz CT molecular complexity index is 1390. The zero-order valence-corrected chi connectivity index (χ0v) is 18.6. The largest absolute Gasteiger partial charge is 0.419 e. The molecular formula is C25H22FN3O3S. The monoisotopic (exact) mass is 463 g/mol. The van der Waals surface area contributed by atoms with E-state index in [1.807, 2.05) is 24.3 Å². The van der Waals surface area contributed by atoms with E-state index < -0.39 is 21.9 Å². The average Bonchev–Trinajstić information content (AvgIpc) is 3.33. The summed E-state index contributed by atoms with van der Waals surface area (Å²) in [5, 5.41) is 8.10. The van der Waals surface area contributed by atoms with Crippen molar-refractivity contribution in [2.24, 2.45) is 0 Å². The van der Waals surface area contributed by atoms with E-state index in [9.17, 15) is 12.8 Å². The smallest absolute Gasteiger partial charge is 0.247 e. The molecule has 1 N–H and O–H groups in total. The third-order valence-corrected chi connectivity index (χ3v) is 7.25. The van der Waals surface area contributed by atoms with Crippen molar-refractivity contribution in [1.29, 1.82) is 0 Å². The Labute approximate surface area is 191 Å². The summed E-state index contributed by atoms with van der Waals surface area (Å²) in [6.07, 6.45) is 3.93. The van der Waals surface area contributed by atoms with Crippen LogP contribution in [0.5, 0.6) is 0 Å². The molecule has 0 amide bonds. The van der Waals surface area contributed by atoms with Crippen molar-refractivity contribution in [1.82, 2.24) is 14.9 Å². The maximum atomic E-state index is 14.7. The number of aryl methyl sites for hydroxylation is 2. The first-order chi connectivity index (χ1) is 16.0. The summed E-state index contributed by atoms with van der Waals surface area (Å²) in [5.74, 6) is -0.393. The van der Waals surface area contributed by atoms with E-state index in [0.717, 1.165) is 31.2 Å². The van der Waals surface area contributed by atoms with Gasteiger partial charge in [0.2, 0.25) is 21.8 Å². The Morgan fingerprint density at radius 1 is 0.879 bits per heavy atom. The zero-order valence-electron chi connectivity index (χ0n) is 17.7. The quantitative estimate of drug-likeness (QED) is 0.443. The highest BCUT2D eigenvalue weighted by molar-refractivity contribution is 7.89. The van der Waals surface area contributed by atoms with Gasteiger partial charge in [0.05, 0.1) is 4.90 Å². The van der Waals surface area contributed by atoms with Gasteiger partial charge in [-0.05, 0) is 67.1 Å². The molecule has 1 aromatic heterocycles. The molecule has 0 bridgehead atoms. The predicted molar refractivity (Wildman–Crippen MR) is 121 cm³/mol. The molecule has 6 nitrogen and oxygen atoms in total. The molecule has 0 radical (unpaired) electrons. The van der Waals surface area contributed by atoms with E-state index in [-0.39, 0.29) is 22.2 Å². The molecule has 1 aliphatic carbocycles. The molecule has 0 saturated heterocycles. The minimum absolute atomic E-state index is 0.0412. The molecular weight excluding hydrogens is 441 g/mol. The number of nitrogens with one attached hydrogen (secondary N) is 1. The number of aromatic nitrogens is 2. The first-order valence-electron chi connectivity index (χ1n) is 10.8. The Kier molecular flexibility index (Phi) is 5.78. The van der Waals surface area contributed by atoms with Crippen LogP contribution in [0, 0.1) is 5.82 Å². The molecule has 1 aliphatic rings. The summed E-state index contributed by atoms with van der Waals surface area (Å²) in [6, 6.07) is 19.0. The molecule has 4 aromatic rings. The van der Waals surface area contributed by atoms with Crippen LogP contribution in [0.15, 0.2) is 82.1 Å². The lowest BCUT2D eigenvalue weighted by Crippen LogP contribution is -2.30. The van der Waals surface area contributed by atoms with Gasteiger partial charge in [-0.25, -0.2) is 12.8 Å². The minimum Gasteiger partial charge on any atom is -0.419 e. The molecule has 8 heteroatoms. The minimum atomic E-state index is -4.01. The molecule has 0 saturated carbocycles. The van der Waals surface area contributed by atoms with Gasteiger partial charge >= 0.3 is 0 Å². The molecule has 1 unspecified atom stereocenters. The highest BCUT2D eigenvalue weighted by Crippen LogP contribution is 2.29. The topological polar surface area (TPSA) is 85.1 Å². The number of hydrogen-bond acceptors (Lipinski definition) is 5. The van der Waals surface area contributed by atoms with Gasteiger partial charge in [-0.15, -0.1) is 10.2 Å².